The van der Waals surface area contributed by atoms with Gasteiger partial charge in [0, 0.05) is 45.2 Å². The van der Waals surface area contributed by atoms with E-state index in [2.05, 4.69) is 31.2 Å². The van der Waals surface area contributed by atoms with Crippen LogP contribution in [0, 0.1) is 0 Å². The fraction of sp³-hybridized carbons (Fsp3) is 0.607. The summed E-state index contributed by atoms with van der Waals surface area (Å²) in [6.07, 6.45) is -5.50. The van der Waals surface area contributed by atoms with E-state index >= 15 is 0 Å². The monoisotopic (exact) mass is 601 g/mol. The first kappa shape index (κ1) is 31.0. The summed E-state index contributed by atoms with van der Waals surface area (Å²) in [6.45, 7) is 1.61. The summed E-state index contributed by atoms with van der Waals surface area (Å²) in [5.41, 5.74) is 0.521. The number of piperidine rings is 1. The normalized spacial score (nSPS) is 30.4. The van der Waals surface area contributed by atoms with E-state index in [4.69, 9.17) is 4.74 Å². The van der Waals surface area contributed by atoms with Gasteiger partial charge in [-0.2, -0.15) is 0 Å². The van der Waals surface area contributed by atoms with Crippen LogP contribution in [-0.2, 0) is 38.6 Å². The second-order valence-electron chi connectivity index (χ2n) is 11.5. The van der Waals surface area contributed by atoms with E-state index in [1.807, 2.05) is 30.3 Å². The van der Waals surface area contributed by atoms with Crippen LogP contribution in [0.1, 0.15) is 30.5 Å². The summed E-state index contributed by atoms with van der Waals surface area (Å²) in [4.78, 5) is 42.5. The third-order valence-corrected chi connectivity index (χ3v) is 8.38. The van der Waals surface area contributed by atoms with E-state index in [1.54, 1.807) is 6.20 Å². The lowest BCUT2D eigenvalue weighted by molar-refractivity contribution is -0.220. The van der Waals surface area contributed by atoms with Gasteiger partial charge in [0.05, 0.1) is 24.4 Å². The Kier molecular flexibility index (Phi) is 9.68. The van der Waals surface area contributed by atoms with Crippen molar-refractivity contribution in [1.82, 2.24) is 35.8 Å². The average Bonchev–Trinajstić information content (AvgIpc) is 3.43. The Hall–Kier alpha value is -3.47. The molecule has 0 unspecified atom stereocenters. The van der Waals surface area contributed by atoms with Crippen molar-refractivity contribution in [2.45, 2.75) is 80.9 Å². The van der Waals surface area contributed by atoms with Gasteiger partial charge in [-0.15, -0.1) is 5.10 Å². The number of aromatic nitrogens is 3. The highest BCUT2D eigenvalue weighted by Gasteiger charge is 2.49. The molecule has 3 aliphatic heterocycles. The van der Waals surface area contributed by atoms with Crippen molar-refractivity contribution in [2.24, 2.45) is 0 Å². The molecule has 2 aromatic rings. The zero-order chi connectivity index (χ0) is 30.6. The van der Waals surface area contributed by atoms with Crippen molar-refractivity contribution in [1.29, 1.82) is 0 Å². The molecular formula is C28H39N7O8. The molecule has 3 aliphatic rings. The maximum absolute atomic E-state index is 13.5. The molecule has 0 radical (unpaired) electrons. The van der Waals surface area contributed by atoms with Gasteiger partial charge in [-0.1, -0.05) is 35.5 Å². The predicted molar refractivity (Wildman–Crippen MR) is 149 cm³/mol. The number of carbonyl (C=O) groups is 3. The molecule has 15 nitrogen and oxygen atoms in total. The number of rotatable bonds is 6. The van der Waals surface area contributed by atoms with Crippen LogP contribution < -0.4 is 16.0 Å². The number of benzene rings is 1. The number of hydrogen-bond acceptors (Lipinski definition) is 11. The molecule has 234 valence electrons. The van der Waals surface area contributed by atoms with Crippen LogP contribution in [0.5, 0.6) is 0 Å². The Bertz CT molecular complexity index is 1270. The Morgan fingerprint density at radius 2 is 1.74 bits per heavy atom. The summed E-state index contributed by atoms with van der Waals surface area (Å²) in [5.74, 6) is -1.78. The summed E-state index contributed by atoms with van der Waals surface area (Å²) in [6, 6.07) is 8.87. The fourth-order valence-electron chi connectivity index (χ4n) is 5.93. The molecule has 1 aromatic heterocycles. The smallest absolute Gasteiger partial charge is 0.252 e. The second-order valence-corrected chi connectivity index (χ2v) is 11.5. The van der Waals surface area contributed by atoms with Crippen molar-refractivity contribution in [3.63, 3.8) is 0 Å². The van der Waals surface area contributed by atoms with Crippen LogP contribution in [0.15, 0.2) is 36.5 Å². The summed E-state index contributed by atoms with van der Waals surface area (Å²) < 4.78 is 7.17. The number of likely N-dealkylation sites (tertiary alicyclic amines) is 1. The summed E-state index contributed by atoms with van der Waals surface area (Å²) in [7, 11) is 0. The van der Waals surface area contributed by atoms with Gasteiger partial charge in [-0.3, -0.25) is 19.3 Å². The maximum atomic E-state index is 13.5. The second kappa shape index (κ2) is 13.4. The van der Waals surface area contributed by atoms with Gasteiger partial charge >= 0.3 is 0 Å². The van der Waals surface area contributed by atoms with Crippen LogP contribution in [-0.4, -0.2) is 126 Å². The minimum absolute atomic E-state index is 0.00867. The molecule has 4 heterocycles. The molecule has 15 heteroatoms. The molecule has 1 aromatic carbocycles. The standard InChI is InChI=1S/C28H39N7O8/c36-11-10-35-16-18(32-33-35)12-19-26(41)29-14-20-22(38)23(39)24(40)25(43-20)27(42)31-28(13-21(37)30-19)6-8-34(9-7-28)15-17-4-2-1-3-5-17/h1-5,16,19-20,22-25,36,38-40H,6-15H2,(H,29,41)(H,30,37)(H,31,42)/t19-,20+,22+,23-,24-,25+/m1/s1. The first-order valence-electron chi connectivity index (χ1n) is 14.5. The number of fused-ring (bicyclic) bond motifs is 2. The van der Waals surface area contributed by atoms with Crippen LogP contribution >= 0.6 is 0 Å². The highest BCUT2D eigenvalue weighted by Crippen LogP contribution is 2.29. The zero-order valence-corrected chi connectivity index (χ0v) is 23.7. The van der Waals surface area contributed by atoms with Gasteiger partial charge in [-0.25, -0.2) is 4.68 Å². The van der Waals surface area contributed by atoms with E-state index in [-0.39, 0.29) is 32.5 Å². The Balaban J connectivity index is 1.38. The van der Waals surface area contributed by atoms with E-state index in [0.29, 0.717) is 38.2 Å². The number of ether oxygens (including phenoxy) is 1. The van der Waals surface area contributed by atoms with Crippen molar-refractivity contribution in [2.75, 3.05) is 26.2 Å². The van der Waals surface area contributed by atoms with Gasteiger partial charge < -0.3 is 41.1 Å². The first-order valence-corrected chi connectivity index (χ1v) is 14.5. The van der Waals surface area contributed by atoms with Crippen molar-refractivity contribution in [3.8, 4) is 0 Å². The Labute approximate surface area is 248 Å². The molecule has 0 saturated carbocycles. The van der Waals surface area contributed by atoms with E-state index in [0.717, 1.165) is 5.56 Å². The molecule has 1 spiro atoms. The topological polar surface area (TPSA) is 211 Å². The lowest BCUT2D eigenvalue weighted by Gasteiger charge is -2.44. The quantitative estimate of drug-likeness (QED) is 0.175. The largest absolute Gasteiger partial charge is 0.394 e. The SMILES string of the molecule is O=C1CC2(CCN(Cc3ccccc3)CC2)NC(=O)[C@H]2O[C@@H](CNC(=O)[C@@H](Cc3cn(CCO)nn3)N1)[C@H](O)[C@@H](O)[C@H]2O. The van der Waals surface area contributed by atoms with Gasteiger partial charge in [-0.05, 0) is 18.4 Å². The van der Waals surface area contributed by atoms with Crippen LogP contribution in [0.3, 0.4) is 0 Å². The Morgan fingerprint density at radius 1 is 1.00 bits per heavy atom. The number of amides is 3. The number of nitrogens with one attached hydrogen (secondary N) is 3. The number of aliphatic hydroxyl groups is 4. The van der Waals surface area contributed by atoms with Gasteiger partial charge in [0.1, 0.15) is 30.5 Å². The van der Waals surface area contributed by atoms with E-state index in [9.17, 15) is 34.8 Å². The number of nitrogens with zero attached hydrogens (tertiary/aromatic N) is 4. The van der Waals surface area contributed by atoms with Crippen LogP contribution in [0.2, 0.25) is 0 Å². The van der Waals surface area contributed by atoms with Crippen molar-refractivity contribution < 1.29 is 39.5 Å². The minimum Gasteiger partial charge on any atom is -0.394 e. The summed E-state index contributed by atoms with van der Waals surface area (Å²) in [5, 5.41) is 57.2. The maximum Gasteiger partial charge on any atom is 0.252 e. The number of aliphatic hydroxyl groups excluding tert-OH is 4. The molecule has 3 fully saturated rings. The molecular weight excluding hydrogens is 562 g/mol. The highest BCUT2D eigenvalue weighted by atomic mass is 16.5. The molecule has 43 heavy (non-hydrogen) atoms. The van der Waals surface area contributed by atoms with E-state index in [1.165, 1.54) is 4.68 Å². The number of carbonyl (C=O) groups excluding carboxylic acids is 3. The third-order valence-electron chi connectivity index (χ3n) is 8.38. The summed E-state index contributed by atoms with van der Waals surface area (Å²) >= 11 is 0. The third kappa shape index (κ3) is 7.37. The first-order chi connectivity index (χ1) is 20.7. The van der Waals surface area contributed by atoms with Crippen LogP contribution in [0.4, 0.5) is 0 Å². The molecule has 0 aliphatic carbocycles. The van der Waals surface area contributed by atoms with Gasteiger partial charge in [0.15, 0.2) is 6.10 Å². The molecule has 3 saturated heterocycles. The number of hydrogen-bond donors (Lipinski definition) is 7. The minimum atomic E-state index is -1.72. The lowest BCUT2D eigenvalue weighted by atomic mass is 9.83. The average molecular weight is 602 g/mol. The van der Waals surface area contributed by atoms with Gasteiger partial charge in [0.2, 0.25) is 11.8 Å². The van der Waals surface area contributed by atoms with Crippen LogP contribution in [0.25, 0.3) is 0 Å². The molecule has 3 amide bonds. The molecule has 7 N–H and O–H groups in total. The van der Waals surface area contributed by atoms with Crippen molar-refractivity contribution >= 4 is 17.7 Å². The lowest BCUT2D eigenvalue weighted by Crippen LogP contribution is -2.66. The van der Waals surface area contributed by atoms with Gasteiger partial charge in [0.25, 0.3) is 5.91 Å². The Morgan fingerprint density at radius 3 is 2.47 bits per heavy atom. The van der Waals surface area contributed by atoms with Crippen molar-refractivity contribution in [3.05, 3.63) is 47.8 Å². The molecule has 6 atom stereocenters. The van der Waals surface area contributed by atoms with E-state index < -0.39 is 59.8 Å². The molecule has 2 bridgehead atoms. The zero-order valence-electron chi connectivity index (χ0n) is 23.7. The fourth-order valence-corrected chi connectivity index (χ4v) is 5.93. The molecule has 5 rings (SSSR count). The highest BCUT2D eigenvalue weighted by molar-refractivity contribution is 5.89. The predicted octanol–water partition coefficient (Wildman–Crippen LogP) is -3.18.